The molecule has 2 amide bonds. The van der Waals surface area contributed by atoms with Crippen molar-refractivity contribution in [2.45, 2.75) is 31.8 Å². The van der Waals surface area contributed by atoms with Gasteiger partial charge in [-0.15, -0.1) is 11.6 Å². The zero-order valence-electron chi connectivity index (χ0n) is 23.9. The molecule has 0 spiro atoms. The lowest BCUT2D eigenvalue weighted by Gasteiger charge is -2.19. The van der Waals surface area contributed by atoms with Crippen LogP contribution >= 0.6 is 27.5 Å². The number of aromatic nitrogens is 1. The molecule has 1 aromatic heterocycles. The van der Waals surface area contributed by atoms with Crippen molar-refractivity contribution in [2.24, 2.45) is 23.7 Å². The van der Waals surface area contributed by atoms with E-state index >= 15 is 0 Å². The molecule has 0 N–H and O–H groups in total. The Morgan fingerprint density at radius 2 is 1.62 bits per heavy atom. The van der Waals surface area contributed by atoms with Crippen LogP contribution in [-0.4, -0.2) is 40.5 Å². The van der Waals surface area contributed by atoms with E-state index in [1.807, 2.05) is 0 Å². The molecule has 3 aromatic carbocycles. The summed E-state index contributed by atoms with van der Waals surface area (Å²) in [7, 11) is 0. The van der Waals surface area contributed by atoms with E-state index in [2.05, 4.69) is 15.9 Å². The molecule has 2 saturated carbocycles. The second-order valence-corrected chi connectivity index (χ2v) is 13.2. The molecule has 1 saturated heterocycles. The Morgan fingerprint density at radius 1 is 0.956 bits per heavy atom. The van der Waals surface area contributed by atoms with Gasteiger partial charge >= 0.3 is 5.97 Å². The van der Waals surface area contributed by atoms with Crippen LogP contribution in [0.25, 0.3) is 22.2 Å². The molecule has 45 heavy (non-hydrogen) atoms. The molecule has 228 valence electrons. The van der Waals surface area contributed by atoms with Crippen molar-refractivity contribution in [3.8, 4) is 11.3 Å². The first-order valence-corrected chi connectivity index (χ1v) is 16.2. The van der Waals surface area contributed by atoms with Crippen molar-refractivity contribution >= 4 is 67.7 Å². The van der Waals surface area contributed by atoms with Crippen molar-refractivity contribution in [2.75, 3.05) is 10.8 Å². The van der Waals surface area contributed by atoms with Crippen LogP contribution in [0.2, 0.25) is 0 Å². The molecule has 1 aliphatic heterocycles. The van der Waals surface area contributed by atoms with Crippen molar-refractivity contribution in [3.63, 3.8) is 0 Å². The van der Waals surface area contributed by atoms with Gasteiger partial charge in [-0.05, 0) is 91.8 Å². The maximum absolute atomic E-state index is 13.7. The molecule has 0 radical (unpaired) electrons. The summed E-state index contributed by atoms with van der Waals surface area (Å²) in [6.45, 7) is 0. The van der Waals surface area contributed by atoms with Gasteiger partial charge in [0.15, 0.2) is 6.10 Å². The summed E-state index contributed by atoms with van der Waals surface area (Å²) in [4.78, 5) is 59.6. The lowest BCUT2D eigenvalue weighted by molar-refractivity contribution is -0.123. The normalized spacial score (nSPS) is 22.6. The van der Waals surface area contributed by atoms with Crippen LogP contribution in [0.3, 0.4) is 0 Å². The number of amides is 2. The number of Topliss-reactive ketones (excluding diaryl/α,β-unsaturated/α-hetero) is 1. The largest absolute Gasteiger partial charge is 0.450 e. The Morgan fingerprint density at radius 3 is 2.27 bits per heavy atom. The molecule has 4 aromatic rings. The molecule has 7 nitrogen and oxygen atoms in total. The number of carbonyl (C=O) groups excluding carboxylic acids is 4. The summed E-state index contributed by atoms with van der Waals surface area (Å²) in [6.07, 6.45) is 1.89. The second kappa shape index (κ2) is 11.8. The highest BCUT2D eigenvalue weighted by Gasteiger charge is 2.61. The van der Waals surface area contributed by atoms with Crippen LogP contribution in [0.1, 0.15) is 46.4 Å². The minimum atomic E-state index is -1.18. The van der Waals surface area contributed by atoms with Gasteiger partial charge in [-0.2, -0.15) is 0 Å². The van der Waals surface area contributed by atoms with Gasteiger partial charge in [-0.1, -0.05) is 28.1 Å². The van der Waals surface area contributed by atoms with Crippen LogP contribution in [0.5, 0.6) is 0 Å². The summed E-state index contributed by atoms with van der Waals surface area (Å²) in [5, 5.41) is 0.517. The number of alkyl halides is 1. The first kappa shape index (κ1) is 29.7. The van der Waals surface area contributed by atoms with E-state index in [-0.39, 0.29) is 47.1 Å². The standard InChI is InChI=1S/C35H27BrClFN2O5/c36-22-7-12-27-25(16-22)26(35(44)45-29(13-14-37)32(41)19-3-8-23(38)9-4-19)17-28(39-27)18-5-10-24(11-6-18)40-33(42)30-20-1-2-21(15-20)31(30)34(40)43/h3-12,16-17,20-21,29-31H,1-2,13-15H2/t20-,21+,29-,30+,31+/m1/s1. The van der Waals surface area contributed by atoms with Crippen LogP contribution in [0, 0.1) is 29.5 Å². The average molecular weight is 690 g/mol. The van der Waals surface area contributed by atoms with Crippen molar-refractivity contribution in [3.05, 3.63) is 94.2 Å². The number of halogens is 3. The van der Waals surface area contributed by atoms with E-state index in [1.165, 1.54) is 29.2 Å². The number of hydrogen-bond acceptors (Lipinski definition) is 6. The Balaban J connectivity index is 1.19. The molecule has 3 aliphatic rings. The molecule has 5 atom stereocenters. The number of esters is 1. The number of pyridine rings is 1. The number of hydrogen-bond donors (Lipinski definition) is 0. The minimum absolute atomic E-state index is 0.0654. The molecule has 2 aliphatic carbocycles. The fourth-order valence-electron chi connectivity index (χ4n) is 7.29. The molecule has 10 heteroatoms. The molecular formula is C35H27BrClFN2O5. The summed E-state index contributed by atoms with van der Waals surface area (Å²) >= 11 is 9.41. The smallest absolute Gasteiger partial charge is 0.339 e. The Bertz CT molecular complexity index is 1840. The number of benzene rings is 3. The predicted octanol–water partition coefficient (Wildman–Crippen LogP) is 7.38. The summed E-state index contributed by atoms with van der Waals surface area (Å²) in [6, 6.07) is 19.0. The van der Waals surface area contributed by atoms with Gasteiger partial charge in [0.2, 0.25) is 17.6 Å². The molecule has 2 heterocycles. The number of nitrogens with zero attached hydrogens (tertiary/aromatic N) is 2. The van der Waals surface area contributed by atoms with E-state index in [1.54, 1.807) is 48.5 Å². The van der Waals surface area contributed by atoms with Gasteiger partial charge < -0.3 is 4.74 Å². The van der Waals surface area contributed by atoms with Crippen LogP contribution in [-0.2, 0) is 14.3 Å². The van der Waals surface area contributed by atoms with E-state index in [9.17, 15) is 23.6 Å². The van der Waals surface area contributed by atoms with Crippen LogP contribution in [0.15, 0.2) is 77.3 Å². The molecular weight excluding hydrogens is 663 g/mol. The fraction of sp³-hybridized carbons (Fsp3) is 0.286. The second-order valence-electron chi connectivity index (χ2n) is 11.9. The Hall–Kier alpha value is -3.95. The highest BCUT2D eigenvalue weighted by atomic mass is 79.9. The molecule has 2 bridgehead atoms. The highest BCUT2D eigenvalue weighted by Crippen LogP contribution is 2.56. The number of rotatable bonds is 8. The van der Waals surface area contributed by atoms with E-state index in [4.69, 9.17) is 21.3 Å². The third kappa shape index (κ3) is 5.25. The Labute approximate surface area is 271 Å². The van der Waals surface area contributed by atoms with Crippen molar-refractivity contribution in [1.82, 2.24) is 4.98 Å². The number of imide groups is 1. The monoisotopic (exact) mass is 688 g/mol. The lowest BCUT2D eigenvalue weighted by atomic mass is 9.81. The Kier molecular flexibility index (Phi) is 7.78. The summed E-state index contributed by atoms with van der Waals surface area (Å²) in [5.41, 5.74) is 2.58. The molecule has 0 unspecified atom stereocenters. The quantitative estimate of drug-likeness (QED) is 0.0830. The van der Waals surface area contributed by atoms with Gasteiger partial charge in [0, 0.05) is 33.3 Å². The summed E-state index contributed by atoms with van der Waals surface area (Å²) in [5.74, 6) is -1.66. The average Bonchev–Trinajstić information content (AvgIpc) is 3.73. The summed E-state index contributed by atoms with van der Waals surface area (Å²) < 4.78 is 19.9. The lowest BCUT2D eigenvalue weighted by Crippen LogP contribution is -2.32. The third-order valence-corrected chi connectivity index (χ3v) is 10.1. The highest BCUT2D eigenvalue weighted by molar-refractivity contribution is 9.10. The molecule has 7 rings (SSSR count). The SMILES string of the molecule is O=C(O[C@H](CCCl)C(=O)c1ccc(F)cc1)c1cc(-c2ccc(N3C(=O)[C@H]4[C@@H]5CC[C@@H](C5)[C@@H]4C3=O)cc2)nc2ccc(Br)cc12. The van der Waals surface area contributed by atoms with Crippen molar-refractivity contribution < 1.29 is 28.3 Å². The molecule has 3 fully saturated rings. The number of anilines is 1. The zero-order valence-corrected chi connectivity index (χ0v) is 26.3. The minimum Gasteiger partial charge on any atom is -0.450 e. The van der Waals surface area contributed by atoms with E-state index in [0.29, 0.717) is 39.7 Å². The van der Waals surface area contributed by atoms with Gasteiger partial charge in [0.25, 0.3) is 0 Å². The van der Waals surface area contributed by atoms with Gasteiger partial charge in [0.1, 0.15) is 5.82 Å². The van der Waals surface area contributed by atoms with Gasteiger partial charge in [-0.25, -0.2) is 14.2 Å². The van der Waals surface area contributed by atoms with Gasteiger partial charge in [0.05, 0.1) is 34.3 Å². The third-order valence-electron chi connectivity index (χ3n) is 9.38. The number of ketones is 1. The van der Waals surface area contributed by atoms with Crippen molar-refractivity contribution in [1.29, 1.82) is 0 Å². The topological polar surface area (TPSA) is 93.6 Å². The maximum Gasteiger partial charge on any atom is 0.339 e. The van der Waals surface area contributed by atoms with Gasteiger partial charge in [-0.3, -0.25) is 19.3 Å². The first-order chi connectivity index (χ1) is 21.7. The number of ether oxygens (including phenoxy) is 1. The first-order valence-electron chi connectivity index (χ1n) is 14.9. The zero-order chi connectivity index (χ0) is 31.4. The van der Waals surface area contributed by atoms with Crippen LogP contribution < -0.4 is 4.90 Å². The van der Waals surface area contributed by atoms with E-state index in [0.717, 1.165) is 23.7 Å². The maximum atomic E-state index is 13.7. The number of carbonyl (C=O) groups is 4. The van der Waals surface area contributed by atoms with E-state index < -0.39 is 23.7 Å². The predicted molar refractivity (Wildman–Crippen MR) is 170 cm³/mol. The van der Waals surface area contributed by atoms with Crippen LogP contribution in [0.4, 0.5) is 10.1 Å². The fourth-order valence-corrected chi connectivity index (χ4v) is 7.85. The number of fused-ring (bicyclic) bond motifs is 6.